The van der Waals surface area contributed by atoms with E-state index in [9.17, 15) is 13.5 Å². The van der Waals surface area contributed by atoms with Crippen LogP contribution in [0.2, 0.25) is 0 Å². The molecule has 1 aliphatic heterocycles. The summed E-state index contributed by atoms with van der Waals surface area (Å²) >= 11 is 0. The van der Waals surface area contributed by atoms with E-state index in [1.54, 1.807) is 12.1 Å². The monoisotopic (exact) mass is 443 g/mol. The molecule has 0 amide bonds. The Hall–Kier alpha value is -1.93. The predicted molar refractivity (Wildman–Crippen MR) is 123 cm³/mol. The largest absolute Gasteiger partial charge is 0.508 e. The van der Waals surface area contributed by atoms with E-state index in [0.29, 0.717) is 17.7 Å². The quantitative estimate of drug-likeness (QED) is 0.571. The van der Waals surface area contributed by atoms with Gasteiger partial charge in [-0.1, -0.05) is 25.1 Å². The van der Waals surface area contributed by atoms with Crippen LogP contribution < -0.4 is 10.5 Å². The first kappa shape index (κ1) is 22.3. The van der Waals surface area contributed by atoms with Crippen LogP contribution in [0.3, 0.4) is 0 Å². The second-order valence-corrected chi connectivity index (χ2v) is 10.8. The Balaban J connectivity index is 1.40. The summed E-state index contributed by atoms with van der Waals surface area (Å²) in [6.45, 7) is 5.20. The van der Waals surface area contributed by atoms with E-state index >= 15 is 0 Å². The molecule has 4 rings (SSSR count). The van der Waals surface area contributed by atoms with Gasteiger partial charge in [0.2, 0.25) is 10.0 Å². The van der Waals surface area contributed by atoms with E-state index in [1.165, 1.54) is 11.1 Å². The zero-order valence-electron chi connectivity index (χ0n) is 18.3. The molecule has 2 bridgehead atoms. The highest BCUT2D eigenvalue weighted by Crippen LogP contribution is 2.51. The number of nitrogens with zero attached hydrogens (tertiary/aromatic N) is 1. The number of nitrogens with two attached hydrogens (primary N) is 1. The van der Waals surface area contributed by atoms with Crippen molar-refractivity contribution in [2.75, 3.05) is 26.7 Å². The number of primary sulfonamides is 1. The zero-order valence-corrected chi connectivity index (χ0v) is 19.2. The number of fused-ring (bicyclic) bond motifs is 4. The fourth-order valence-corrected chi connectivity index (χ4v) is 6.18. The summed E-state index contributed by atoms with van der Waals surface area (Å²) in [5.41, 5.74) is 3.89. The summed E-state index contributed by atoms with van der Waals surface area (Å²) in [5, 5.41) is 18.9. The van der Waals surface area contributed by atoms with Gasteiger partial charge in [0.05, 0.1) is 4.90 Å². The molecule has 2 aromatic rings. The normalized spacial score (nSPS) is 25.9. The van der Waals surface area contributed by atoms with Crippen LogP contribution in [-0.4, -0.2) is 51.1 Å². The Morgan fingerprint density at radius 1 is 1.19 bits per heavy atom. The Morgan fingerprint density at radius 2 is 1.94 bits per heavy atom. The highest BCUT2D eigenvalue weighted by molar-refractivity contribution is 7.89. The molecule has 0 saturated carbocycles. The molecule has 3 atom stereocenters. The van der Waals surface area contributed by atoms with Gasteiger partial charge in [0.15, 0.2) is 0 Å². The minimum absolute atomic E-state index is 0.0909. The van der Waals surface area contributed by atoms with Gasteiger partial charge in [0.25, 0.3) is 0 Å². The Bertz CT molecular complexity index is 1040. The van der Waals surface area contributed by atoms with Crippen LogP contribution in [0.5, 0.6) is 5.75 Å². The van der Waals surface area contributed by atoms with Gasteiger partial charge in [-0.15, -0.1) is 0 Å². The molecule has 7 heteroatoms. The van der Waals surface area contributed by atoms with Gasteiger partial charge in [0, 0.05) is 11.5 Å². The van der Waals surface area contributed by atoms with E-state index in [2.05, 4.69) is 30.3 Å². The molecule has 1 saturated heterocycles. The van der Waals surface area contributed by atoms with E-state index in [-0.39, 0.29) is 10.3 Å². The summed E-state index contributed by atoms with van der Waals surface area (Å²) in [7, 11) is -1.41. The fourth-order valence-electron chi connectivity index (χ4n) is 5.67. The average molecular weight is 444 g/mol. The maximum Gasteiger partial charge on any atom is 0.238 e. The van der Waals surface area contributed by atoms with Gasteiger partial charge in [-0.2, -0.15) is 0 Å². The third-order valence-corrected chi connectivity index (χ3v) is 8.50. The maximum atomic E-state index is 11.4. The average Bonchev–Trinajstić information content (AvgIpc) is 2.72. The molecule has 2 aromatic carbocycles. The number of phenolic OH excluding ortho intramolecular Hbond substituents is 1. The maximum absolute atomic E-state index is 11.4. The number of rotatable bonds is 7. The van der Waals surface area contributed by atoms with Crippen LogP contribution in [-0.2, 0) is 28.3 Å². The number of hydrogen-bond donors (Lipinski definition) is 3. The smallest absolute Gasteiger partial charge is 0.238 e. The number of aromatic hydroxyl groups is 1. The minimum Gasteiger partial charge on any atom is -0.508 e. The Labute approximate surface area is 185 Å². The number of likely N-dealkylation sites (N-methyl/N-ethyl adjacent to an activating group) is 1. The number of benzene rings is 2. The Morgan fingerprint density at radius 3 is 2.65 bits per heavy atom. The number of phenols is 1. The molecule has 1 heterocycles. The van der Waals surface area contributed by atoms with Gasteiger partial charge >= 0.3 is 0 Å². The van der Waals surface area contributed by atoms with Crippen molar-refractivity contribution >= 4 is 10.0 Å². The number of sulfonamides is 1. The van der Waals surface area contributed by atoms with E-state index in [0.717, 1.165) is 50.9 Å². The molecule has 0 aromatic heterocycles. The lowest BCUT2D eigenvalue weighted by Crippen LogP contribution is -2.58. The molecule has 1 fully saturated rings. The van der Waals surface area contributed by atoms with Crippen LogP contribution in [0, 0.1) is 5.92 Å². The molecule has 0 radical (unpaired) electrons. The molecule has 0 unspecified atom stereocenters. The lowest BCUT2D eigenvalue weighted by Gasteiger charge is -2.55. The molecule has 6 nitrogen and oxygen atoms in total. The minimum atomic E-state index is -3.64. The van der Waals surface area contributed by atoms with Crippen LogP contribution in [0.15, 0.2) is 47.4 Å². The van der Waals surface area contributed by atoms with Crippen LogP contribution >= 0.6 is 0 Å². The molecule has 1 aliphatic carbocycles. The SMILES string of the molecule is C[C@H]1[C@H]2Cc3ccc(O)cc3[C@@]1(CCNCCc1ccc(S(N)(=O)=O)cc1)CCN2C. The molecular weight excluding hydrogens is 410 g/mol. The molecule has 31 heavy (non-hydrogen) atoms. The first-order chi connectivity index (χ1) is 14.7. The molecular formula is C24H33N3O3S. The van der Waals surface area contributed by atoms with Crippen molar-refractivity contribution in [1.82, 2.24) is 10.2 Å². The van der Waals surface area contributed by atoms with Crippen LogP contribution in [0.25, 0.3) is 0 Å². The second-order valence-electron chi connectivity index (χ2n) is 9.23. The first-order valence-electron chi connectivity index (χ1n) is 11.1. The number of nitrogens with one attached hydrogen (secondary N) is 1. The number of hydrogen-bond acceptors (Lipinski definition) is 5. The fraction of sp³-hybridized carbons (Fsp3) is 0.500. The lowest BCUT2D eigenvalue weighted by atomic mass is 9.56. The summed E-state index contributed by atoms with van der Waals surface area (Å²) in [5.74, 6) is 0.895. The number of piperidine rings is 1. The summed E-state index contributed by atoms with van der Waals surface area (Å²) in [6, 6.07) is 13.2. The van der Waals surface area contributed by atoms with Gasteiger partial charge in [0.1, 0.15) is 5.75 Å². The highest BCUT2D eigenvalue weighted by atomic mass is 32.2. The van der Waals surface area contributed by atoms with Crippen molar-refractivity contribution < 1.29 is 13.5 Å². The summed E-state index contributed by atoms with van der Waals surface area (Å²) < 4.78 is 22.8. The van der Waals surface area contributed by atoms with E-state index in [4.69, 9.17) is 5.14 Å². The molecule has 168 valence electrons. The first-order valence-corrected chi connectivity index (χ1v) is 12.6. The third kappa shape index (κ3) is 4.37. The number of likely N-dealkylation sites (tertiary alicyclic amines) is 1. The van der Waals surface area contributed by atoms with Crippen molar-refractivity contribution in [2.24, 2.45) is 11.1 Å². The van der Waals surface area contributed by atoms with Gasteiger partial charge in [-0.05, 0) is 99.2 Å². The molecule has 4 N–H and O–H groups in total. The van der Waals surface area contributed by atoms with Crippen molar-refractivity contribution in [3.05, 3.63) is 59.2 Å². The van der Waals surface area contributed by atoms with Crippen molar-refractivity contribution in [1.29, 1.82) is 0 Å². The van der Waals surface area contributed by atoms with Crippen molar-refractivity contribution in [3.63, 3.8) is 0 Å². The molecule has 2 aliphatic rings. The highest BCUT2D eigenvalue weighted by Gasteiger charge is 2.49. The standard InChI is InChI=1S/C24H33N3O3S/c1-17-23-15-19-5-6-20(28)16-22(19)24(17,11-14-27(23)2)10-13-26-12-9-18-3-7-21(8-4-18)31(25,29)30/h3-8,16-17,23,26,28H,9-15H2,1-2H3,(H2,25,29,30)/t17-,23+,24-/m0/s1. The molecule has 0 spiro atoms. The van der Waals surface area contributed by atoms with Crippen LogP contribution in [0.1, 0.15) is 36.5 Å². The van der Waals surface area contributed by atoms with Crippen molar-refractivity contribution in [3.8, 4) is 5.75 Å². The lowest BCUT2D eigenvalue weighted by molar-refractivity contribution is 0.0360. The third-order valence-electron chi connectivity index (χ3n) is 7.57. The van der Waals surface area contributed by atoms with Crippen molar-refractivity contribution in [2.45, 2.75) is 49.0 Å². The topological polar surface area (TPSA) is 95.7 Å². The van der Waals surface area contributed by atoms with E-state index < -0.39 is 10.0 Å². The predicted octanol–water partition coefficient (Wildman–Crippen LogP) is 2.40. The summed E-state index contributed by atoms with van der Waals surface area (Å²) in [6.07, 6.45) is 4.03. The van der Waals surface area contributed by atoms with E-state index in [1.807, 2.05) is 24.3 Å². The Kier molecular flexibility index (Phi) is 6.14. The zero-order chi connectivity index (χ0) is 22.2. The van der Waals surface area contributed by atoms with Crippen LogP contribution in [0.4, 0.5) is 0 Å². The van der Waals surface area contributed by atoms with Gasteiger partial charge in [-0.3, -0.25) is 0 Å². The van der Waals surface area contributed by atoms with Gasteiger partial charge < -0.3 is 15.3 Å². The van der Waals surface area contributed by atoms with Gasteiger partial charge in [-0.25, -0.2) is 13.6 Å². The second kappa shape index (κ2) is 8.54. The summed E-state index contributed by atoms with van der Waals surface area (Å²) in [4.78, 5) is 2.64.